The van der Waals surface area contributed by atoms with Crippen LogP contribution < -0.4 is 5.32 Å². The molecule has 0 atom stereocenters. The van der Waals surface area contributed by atoms with Gasteiger partial charge in [0, 0.05) is 11.8 Å². The number of nitrogens with one attached hydrogen (secondary N) is 1. The van der Waals surface area contributed by atoms with Gasteiger partial charge in [-0.2, -0.15) is 0 Å². The summed E-state index contributed by atoms with van der Waals surface area (Å²) in [5.74, 6) is -1.42. The van der Waals surface area contributed by atoms with Crippen LogP contribution in [0.2, 0.25) is 0 Å². The van der Waals surface area contributed by atoms with Gasteiger partial charge in [0.2, 0.25) is 0 Å². The van der Waals surface area contributed by atoms with Crippen LogP contribution in [0.25, 0.3) is 6.08 Å². The van der Waals surface area contributed by atoms with E-state index in [4.69, 9.17) is 4.74 Å². The molecule has 0 unspecified atom stereocenters. The number of esters is 1. The van der Waals surface area contributed by atoms with Crippen LogP contribution in [-0.4, -0.2) is 18.5 Å². The van der Waals surface area contributed by atoms with E-state index in [-0.39, 0.29) is 12.4 Å². The molecule has 1 amide bonds. The second kappa shape index (κ2) is 7.73. The lowest BCUT2D eigenvalue weighted by molar-refractivity contribution is -0.142. The number of anilines is 1. The maximum atomic E-state index is 12.7. The third-order valence-electron chi connectivity index (χ3n) is 2.68. The number of hydrogen-bond acceptors (Lipinski definition) is 3. The Hall–Kier alpha value is -2.95. The molecule has 2 aromatic carbocycles. The molecule has 2 aromatic rings. The van der Waals surface area contributed by atoms with Crippen molar-refractivity contribution in [2.24, 2.45) is 0 Å². The Labute approximate surface area is 127 Å². The number of halogens is 1. The molecule has 0 radical (unpaired) electrons. The van der Waals surface area contributed by atoms with Gasteiger partial charge in [0.05, 0.1) is 0 Å². The SMILES string of the molecule is O=C(COC(=O)C=Cc1ccc(F)cc1)Nc1ccccc1. The lowest BCUT2D eigenvalue weighted by Crippen LogP contribution is -2.20. The quantitative estimate of drug-likeness (QED) is 0.682. The molecule has 0 spiro atoms. The Morgan fingerprint density at radius 3 is 2.41 bits per heavy atom. The summed E-state index contributed by atoms with van der Waals surface area (Å²) in [4.78, 5) is 23.1. The molecule has 0 aliphatic rings. The van der Waals surface area contributed by atoms with Gasteiger partial charge in [0.25, 0.3) is 5.91 Å². The molecule has 0 fully saturated rings. The van der Waals surface area contributed by atoms with Crippen LogP contribution in [0, 0.1) is 5.82 Å². The van der Waals surface area contributed by atoms with Gasteiger partial charge in [-0.1, -0.05) is 30.3 Å². The standard InChI is InChI=1S/C17H14FNO3/c18-14-9-6-13(7-10-14)8-11-17(21)22-12-16(20)19-15-4-2-1-3-5-15/h1-11H,12H2,(H,19,20). The maximum Gasteiger partial charge on any atom is 0.331 e. The van der Waals surface area contributed by atoms with E-state index < -0.39 is 11.9 Å². The van der Waals surface area contributed by atoms with Crippen molar-refractivity contribution >= 4 is 23.6 Å². The number of hydrogen-bond donors (Lipinski definition) is 1. The molecule has 0 aliphatic carbocycles. The lowest BCUT2D eigenvalue weighted by Gasteiger charge is -2.04. The van der Waals surface area contributed by atoms with Gasteiger partial charge < -0.3 is 10.1 Å². The molecule has 112 valence electrons. The van der Waals surface area contributed by atoms with Gasteiger partial charge in [-0.3, -0.25) is 4.79 Å². The Kier molecular flexibility index (Phi) is 5.43. The van der Waals surface area contributed by atoms with E-state index in [1.54, 1.807) is 24.3 Å². The van der Waals surface area contributed by atoms with E-state index in [0.717, 1.165) is 0 Å². The molecule has 0 aliphatic heterocycles. The summed E-state index contributed by atoms with van der Waals surface area (Å²) in [5, 5.41) is 2.60. The number of ether oxygens (including phenoxy) is 1. The first-order valence-corrected chi connectivity index (χ1v) is 6.59. The highest BCUT2D eigenvalue weighted by molar-refractivity contribution is 5.94. The van der Waals surface area contributed by atoms with Crippen LogP contribution in [0.3, 0.4) is 0 Å². The van der Waals surface area contributed by atoms with Gasteiger partial charge in [-0.25, -0.2) is 9.18 Å². The summed E-state index contributed by atoms with van der Waals surface area (Å²) < 4.78 is 17.5. The molecular weight excluding hydrogens is 285 g/mol. The minimum Gasteiger partial charge on any atom is -0.452 e. The van der Waals surface area contributed by atoms with Gasteiger partial charge in [-0.05, 0) is 35.9 Å². The second-order valence-corrected chi connectivity index (χ2v) is 4.41. The summed E-state index contributed by atoms with van der Waals surface area (Å²) in [6, 6.07) is 14.5. The van der Waals surface area contributed by atoms with Gasteiger partial charge in [-0.15, -0.1) is 0 Å². The fraction of sp³-hybridized carbons (Fsp3) is 0.0588. The molecule has 5 heteroatoms. The fourth-order valence-corrected chi connectivity index (χ4v) is 1.64. The van der Waals surface area contributed by atoms with E-state index in [0.29, 0.717) is 11.3 Å². The Morgan fingerprint density at radius 1 is 1.05 bits per heavy atom. The molecule has 4 nitrogen and oxygen atoms in total. The van der Waals surface area contributed by atoms with Gasteiger partial charge in [0.15, 0.2) is 6.61 Å². The molecule has 0 saturated carbocycles. The first kappa shape index (κ1) is 15.4. The van der Waals surface area contributed by atoms with E-state index in [2.05, 4.69) is 5.32 Å². The van der Waals surface area contributed by atoms with Crippen molar-refractivity contribution in [2.75, 3.05) is 11.9 Å². The van der Waals surface area contributed by atoms with Crippen molar-refractivity contribution < 1.29 is 18.7 Å². The van der Waals surface area contributed by atoms with Crippen molar-refractivity contribution in [3.63, 3.8) is 0 Å². The molecule has 2 rings (SSSR count). The van der Waals surface area contributed by atoms with Gasteiger partial charge >= 0.3 is 5.97 Å². The van der Waals surface area contributed by atoms with E-state index in [1.807, 2.05) is 6.07 Å². The van der Waals surface area contributed by atoms with Crippen molar-refractivity contribution in [3.05, 3.63) is 72.1 Å². The summed E-state index contributed by atoms with van der Waals surface area (Å²) in [5.41, 5.74) is 1.29. The number of rotatable bonds is 5. The third kappa shape index (κ3) is 5.20. The molecule has 1 N–H and O–H groups in total. The summed E-state index contributed by atoms with van der Waals surface area (Å²) in [7, 11) is 0. The zero-order valence-corrected chi connectivity index (χ0v) is 11.7. The normalized spacial score (nSPS) is 10.4. The fourth-order valence-electron chi connectivity index (χ4n) is 1.64. The maximum absolute atomic E-state index is 12.7. The lowest BCUT2D eigenvalue weighted by atomic mass is 10.2. The summed E-state index contributed by atoms with van der Waals surface area (Å²) in [6.45, 7) is -0.374. The number of carbonyl (C=O) groups is 2. The largest absolute Gasteiger partial charge is 0.452 e. The van der Waals surface area contributed by atoms with Crippen molar-refractivity contribution in [1.29, 1.82) is 0 Å². The number of para-hydroxylation sites is 1. The van der Waals surface area contributed by atoms with Crippen LogP contribution >= 0.6 is 0 Å². The molecule has 0 bridgehead atoms. The number of benzene rings is 2. The highest BCUT2D eigenvalue weighted by Crippen LogP contribution is 2.06. The molecular formula is C17H14FNO3. The van der Waals surface area contributed by atoms with Gasteiger partial charge in [0.1, 0.15) is 5.82 Å². The Morgan fingerprint density at radius 2 is 1.73 bits per heavy atom. The van der Waals surface area contributed by atoms with E-state index in [1.165, 1.54) is 36.4 Å². The monoisotopic (exact) mass is 299 g/mol. The molecule has 0 heterocycles. The van der Waals surface area contributed by atoms with Crippen LogP contribution in [0.15, 0.2) is 60.7 Å². The zero-order valence-electron chi connectivity index (χ0n) is 11.7. The zero-order chi connectivity index (χ0) is 15.8. The Balaban J connectivity index is 1.77. The predicted molar refractivity (Wildman–Crippen MR) is 81.5 cm³/mol. The van der Waals surface area contributed by atoms with Crippen molar-refractivity contribution in [1.82, 2.24) is 0 Å². The molecule has 0 aromatic heterocycles. The number of carbonyl (C=O) groups excluding carboxylic acids is 2. The van der Waals surface area contributed by atoms with Crippen LogP contribution in [0.1, 0.15) is 5.56 Å². The highest BCUT2D eigenvalue weighted by Gasteiger charge is 2.05. The second-order valence-electron chi connectivity index (χ2n) is 4.41. The van der Waals surface area contributed by atoms with E-state index >= 15 is 0 Å². The first-order chi connectivity index (χ1) is 10.6. The van der Waals surface area contributed by atoms with Crippen molar-refractivity contribution in [2.45, 2.75) is 0 Å². The molecule has 22 heavy (non-hydrogen) atoms. The van der Waals surface area contributed by atoms with Crippen molar-refractivity contribution in [3.8, 4) is 0 Å². The average Bonchev–Trinajstić information content (AvgIpc) is 2.53. The van der Waals surface area contributed by atoms with E-state index in [9.17, 15) is 14.0 Å². The molecule has 0 saturated heterocycles. The smallest absolute Gasteiger partial charge is 0.331 e. The summed E-state index contributed by atoms with van der Waals surface area (Å²) in [6.07, 6.45) is 2.67. The minimum atomic E-state index is -0.646. The highest BCUT2D eigenvalue weighted by atomic mass is 19.1. The Bertz CT molecular complexity index is 666. The van der Waals surface area contributed by atoms with Crippen LogP contribution in [0.4, 0.5) is 10.1 Å². The first-order valence-electron chi connectivity index (χ1n) is 6.59. The topological polar surface area (TPSA) is 55.4 Å². The summed E-state index contributed by atoms with van der Waals surface area (Å²) >= 11 is 0. The minimum absolute atomic E-state index is 0.350. The number of amides is 1. The van der Waals surface area contributed by atoms with Crippen LogP contribution in [0.5, 0.6) is 0 Å². The average molecular weight is 299 g/mol. The third-order valence-corrected chi connectivity index (χ3v) is 2.68. The van der Waals surface area contributed by atoms with Crippen LogP contribution in [-0.2, 0) is 14.3 Å². The predicted octanol–water partition coefficient (Wildman–Crippen LogP) is 3.02.